The number of rotatable bonds is 7. The first-order chi connectivity index (χ1) is 16.1. The summed E-state index contributed by atoms with van der Waals surface area (Å²) >= 11 is 7.10. The number of hydrogen-bond acceptors (Lipinski definition) is 8. The van der Waals surface area contributed by atoms with Gasteiger partial charge in [0.15, 0.2) is 0 Å². The first-order valence-electron chi connectivity index (χ1n) is 10.5. The van der Waals surface area contributed by atoms with Crippen molar-refractivity contribution in [3.63, 3.8) is 0 Å². The molecule has 0 fully saturated rings. The fraction of sp³-hybridized carbons (Fsp3) is 0.208. The number of ether oxygens (including phenoxy) is 1. The summed E-state index contributed by atoms with van der Waals surface area (Å²) in [5, 5.41) is 26.9. The molecule has 0 radical (unpaired) electrons. The number of thiophene rings is 1. The SMILES string of the molecule is CC(=NCC(=S)Cc1cccc(-c2nn[nH]n2)c1)c1csc(-c2ccc3c(c2)CCO3)c1O. The van der Waals surface area contributed by atoms with Gasteiger partial charge in [0.25, 0.3) is 0 Å². The topological polar surface area (TPSA) is 96.3 Å². The average Bonchev–Trinajstić information content (AvgIpc) is 3.58. The molecule has 4 aromatic rings. The van der Waals surface area contributed by atoms with Gasteiger partial charge in [-0.1, -0.05) is 30.4 Å². The number of thiocarbonyl (C=S) groups is 1. The highest BCUT2D eigenvalue weighted by Crippen LogP contribution is 2.41. The molecule has 2 N–H and O–H groups in total. The standard InChI is InChI=1S/C24H21N5O2S2/c1-14(20-13-33-23(22(20)30)17-5-6-21-16(11-17)7-8-31-21)25-12-19(32)10-15-3-2-4-18(9-15)24-26-28-29-27-24/h2-6,9,11,13,30H,7-8,10,12H2,1H3,(H,26,27,28,29). The zero-order valence-electron chi connectivity index (χ0n) is 17.9. The summed E-state index contributed by atoms with van der Waals surface area (Å²) in [5.74, 6) is 1.75. The number of fused-ring (bicyclic) bond motifs is 1. The van der Waals surface area contributed by atoms with Gasteiger partial charge >= 0.3 is 0 Å². The summed E-state index contributed by atoms with van der Waals surface area (Å²) in [6, 6.07) is 14.0. The van der Waals surface area contributed by atoms with Crippen molar-refractivity contribution in [3.05, 3.63) is 64.5 Å². The molecule has 0 atom stereocenters. The summed E-state index contributed by atoms with van der Waals surface area (Å²) in [4.78, 5) is 6.31. The third-order valence-electron chi connectivity index (χ3n) is 5.53. The molecule has 2 aromatic carbocycles. The van der Waals surface area contributed by atoms with Crippen molar-refractivity contribution in [3.8, 4) is 33.3 Å². The van der Waals surface area contributed by atoms with E-state index in [9.17, 15) is 5.11 Å². The quantitative estimate of drug-likeness (QED) is 0.298. The van der Waals surface area contributed by atoms with E-state index in [1.54, 1.807) is 0 Å². The van der Waals surface area contributed by atoms with Crippen molar-refractivity contribution in [2.24, 2.45) is 4.99 Å². The molecule has 0 bridgehead atoms. The van der Waals surface area contributed by atoms with Crippen LogP contribution >= 0.6 is 23.6 Å². The Balaban J connectivity index is 1.27. The van der Waals surface area contributed by atoms with Crippen molar-refractivity contribution in [1.29, 1.82) is 0 Å². The lowest BCUT2D eigenvalue weighted by Gasteiger charge is -2.06. The van der Waals surface area contributed by atoms with Crippen LogP contribution in [-0.2, 0) is 12.8 Å². The Morgan fingerprint density at radius 3 is 3.00 bits per heavy atom. The molecule has 33 heavy (non-hydrogen) atoms. The van der Waals surface area contributed by atoms with Crippen LogP contribution < -0.4 is 4.74 Å². The molecule has 7 nitrogen and oxygen atoms in total. The van der Waals surface area contributed by atoms with E-state index in [1.165, 1.54) is 16.9 Å². The number of tetrazole rings is 1. The van der Waals surface area contributed by atoms with E-state index < -0.39 is 0 Å². The summed E-state index contributed by atoms with van der Waals surface area (Å²) in [7, 11) is 0. The van der Waals surface area contributed by atoms with Gasteiger partial charge in [0.05, 0.1) is 18.0 Å². The predicted molar refractivity (Wildman–Crippen MR) is 134 cm³/mol. The zero-order chi connectivity index (χ0) is 22.8. The van der Waals surface area contributed by atoms with Gasteiger partial charge in [0, 0.05) is 39.9 Å². The van der Waals surface area contributed by atoms with Crippen molar-refractivity contribution >= 4 is 34.1 Å². The molecular weight excluding hydrogens is 454 g/mol. The highest BCUT2D eigenvalue weighted by molar-refractivity contribution is 7.80. The van der Waals surface area contributed by atoms with E-state index in [2.05, 4.69) is 31.7 Å². The maximum atomic E-state index is 10.9. The molecule has 2 aromatic heterocycles. The normalized spacial score (nSPS) is 13.1. The van der Waals surface area contributed by atoms with E-state index in [0.29, 0.717) is 25.4 Å². The Kier molecular flexibility index (Phi) is 5.97. The number of aromatic amines is 1. The van der Waals surface area contributed by atoms with Crippen LogP contribution in [0.4, 0.5) is 0 Å². The molecule has 0 saturated heterocycles. The summed E-state index contributed by atoms with van der Waals surface area (Å²) in [6.07, 6.45) is 1.52. The van der Waals surface area contributed by atoms with Crippen LogP contribution in [0.3, 0.4) is 0 Å². The molecule has 0 aliphatic carbocycles. The van der Waals surface area contributed by atoms with E-state index in [0.717, 1.165) is 49.9 Å². The Hall–Kier alpha value is -3.43. The van der Waals surface area contributed by atoms with Gasteiger partial charge in [0.1, 0.15) is 11.5 Å². The van der Waals surface area contributed by atoms with Gasteiger partial charge in [-0.15, -0.1) is 21.5 Å². The number of aromatic hydroxyl groups is 1. The smallest absolute Gasteiger partial charge is 0.204 e. The molecule has 9 heteroatoms. The van der Waals surface area contributed by atoms with E-state index in [-0.39, 0.29) is 5.75 Å². The fourth-order valence-corrected chi connectivity index (χ4v) is 5.05. The number of H-pyrrole nitrogens is 1. The summed E-state index contributed by atoms with van der Waals surface area (Å²) in [5.41, 5.74) is 5.64. The highest BCUT2D eigenvalue weighted by atomic mass is 32.1. The molecule has 1 aliphatic rings. The van der Waals surface area contributed by atoms with Crippen molar-refractivity contribution < 1.29 is 9.84 Å². The zero-order valence-corrected chi connectivity index (χ0v) is 19.5. The number of hydrogen-bond donors (Lipinski definition) is 2. The number of benzene rings is 2. The Labute approximate surface area is 200 Å². The van der Waals surface area contributed by atoms with Gasteiger partial charge in [0.2, 0.25) is 5.82 Å². The monoisotopic (exact) mass is 475 g/mol. The van der Waals surface area contributed by atoms with Gasteiger partial charge in [-0.05, 0) is 53.1 Å². The highest BCUT2D eigenvalue weighted by Gasteiger charge is 2.18. The number of aromatic nitrogens is 4. The second kappa shape index (κ2) is 9.21. The molecular formula is C24H21N5O2S2. The van der Waals surface area contributed by atoms with Crippen LogP contribution in [0.1, 0.15) is 23.6 Å². The summed E-state index contributed by atoms with van der Waals surface area (Å²) in [6.45, 7) is 3.03. The third-order valence-corrected chi connectivity index (χ3v) is 6.82. The first-order valence-corrected chi connectivity index (χ1v) is 11.8. The minimum atomic E-state index is 0.263. The number of nitrogens with one attached hydrogen (secondary N) is 1. The Morgan fingerprint density at radius 2 is 2.15 bits per heavy atom. The van der Waals surface area contributed by atoms with Gasteiger partial charge < -0.3 is 9.84 Å². The van der Waals surface area contributed by atoms with E-state index >= 15 is 0 Å². The predicted octanol–water partition coefficient (Wildman–Crippen LogP) is 4.66. The van der Waals surface area contributed by atoms with Crippen LogP contribution in [0.15, 0.2) is 52.8 Å². The molecule has 5 rings (SSSR count). The molecule has 166 valence electrons. The van der Waals surface area contributed by atoms with Crippen LogP contribution in [0.2, 0.25) is 0 Å². The third kappa shape index (κ3) is 4.55. The lowest BCUT2D eigenvalue weighted by atomic mass is 10.1. The van der Waals surface area contributed by atoms with Gasteiger partial charge in [-0.3, -0.25) is 4.99 Å². The minimum Gasteiger partial charge on any atom is -0.506 e. The van der Waals surface area contributed by atoms with Crippen LogP contribution in [0, 0.1) is 0 Å². The van der Waals surface area contributed by atoms with Crippen LogP contribution in [0.5, 0.6) is 11.5 Å². The molecule has 0 amide bonds. The minimum absolute atomic E-state index is 0.263. The second-order valence-electron chi connectivity index (χ2n) is 7.80. The Bertz CT molecular complexity index is 1340. The molecule has 0 saturated carbocycles. The van der Waals surface area contributed by atoms with Gasteiger partial charge in [-0.25, -0.2) is 0 Å². The average molecular weight is 476 g/mol. The maximum absolute atomic E-state index is 10.9. The van der Waals surface area contributed by atoms with Crippen molar-refractivity contribution in [2.45, 2.75) is 19.8 Å². The Morgan fingerprint density at radius 1 is 1.24 bits per heavy atom. The fourth-order valence-electron chi connectivity index (χ4n) is 3.82. The lowest BCUT2D eigenvalue weighted by molar-refractivity contribution is 0.357. The van der Waals surface area contributed by atoms with Crippen LogP contribution in [-0.4, -0.2) is 49.5 Å². The van der Waals surface area contributed by atoms with Crippen LogP contribution in [0.25, 0.3) is 21.8 Å². The second-order valence-corrected chi connectivity index (χ2v) is 9.26. The molecule has 0 unspecified atom stereocenters. The lowest BCUT2D eigenvalue weighted by Crippen LogP contribution is -2.06. The van der Waals surface area contributed by atoms with E-state index in [1.807, 2.05) is 48.7 Å². The molecule has 3 heterocycles. The largest absolute Gasteiger partial charge is 0.506 e. The van der Waals surface area contributed by atoms with E-state index in [4.69, 9.17) is 17.0 Å². The first kappa shape index (κ1) is 21.4. The van der Waals surface area contributed by atoms with Crippen molar-refractivity contribution in [2.75, 3.05) is 13.2 Å². The molecule has 1 aliphatic heterocycles. The number of nitrogens with zero attached hydrogens (tertiary/aromatic N) is 4. The van der Waals surface area contributed by atoms with Gasteiger partial charge in [-0.2, -0.15) is 5.21 Å². The number of aliphatic imine (C=N–C) groups is 1. The molecule has 0 spiro atoms. The summed E-state index contributed by atoms with van der Waals surface area (Å²) < 4.78 is 5.58. The maximum Gasteiger partial charge on any atom is 0.204 e. The van der Waals surface area contributed by atoms with Crippen molar-refractivity contribution in [1.82, 2.24) is 20.6 Å².